The molecule has 0 saturated heterocycles. The summed E-state index contributed by atoms with van der Waals surface area (Å²) in [4.78, 5) is 2.64. The molecule has 0 N–H and O–H groups in total. The largest absolute Gasteiger partial charge is 0.456 e. The van der Waals surface area contributed by atoms with Crippen LogP contribution in [0, 0.1) is 0 Å². The van der Waals surface area contributed by atoms with E-state index in [1.807, 2.05) is 11.8 Å². The van der Waals surface area contributed by atoms with Gasteiger partial charge in [0.15, 0.2) is 0 Å². The minimum absolute atomic E-state index is 0.915. The molecule has 0 spiro atoms. The Balaban J connectivity index is 1.17. The van der Waals surface area contributed by atoms with Crippen LogP contribution >= 0.6 is 11.8 Å². The van der Waals surface area contributed by atoms with Gasteiger partial charge in [0.2, 0.25) is 0 Å². The Morgan fingerprint density at radius 3 is 1.67 bits per heavy atom. The van der Waals surface area contributed by atoms with Crippen molar-refractivity contribution in [2.24, 2.45) is 0 Å². The van der Waals surface area contributed by atoms with Crippen molar-refractivity contribution in [2.75, 3.05) is 0 Å². The third-order valence-corrected chi connectivity index (χ3v) is 11.3. The van der Waals surface area contributed by atoms with Crippen LogP contribution in [0.3, 0.4) is 0 Å². The molecule has 2 heterocycles. The Bertz CT molecular complexity index is 2920. The van der Waals surface area contributed by atoms with Crippen molar-refractivity contribution >= 4 is 76.8 Å². The fraction of sp³-hybridized carbons (Fsp3) is 0. The predicted octanol–water partition coefficient (Wildman–Crippen LogP) is 13.7. The van der Waals surface area contributed by atoms with E-state index in [0.717, 1.165) is 21.9 Å². The molecule has 1 aliphatic rings. The fourth-order valence-corrected chi connectivity index (χ4v) is 9.22. The van der Waals surface area contributed by atoms with E-state index in [9.17, 15) is 0 Å². The van der Waals surface area contributed by atoms with E-state index in [1.54, 1.807) is 0 Å². The maximum Gasteiger partial charge on any atom is 0.136 e. The van der Waals surface area contributed by atoms with Gasteiger partial charge in [-0.25, -0.2) is 0 Å². The molecule has 1 aromatic heterocycles. The van der Waals surface area contributed by atoms with Gasteiger partial charge in [0, 0.05) is 25.9 Å². The fourth-order valence-electron chi connectivity index (χ4n) is 8.09. The molecule has 1 aliphatic heterocycles. The first-order valence-electron chi connectivity index (χ1n) is 16.4. The van der Waals surface area contributed by atoms with Gasteiger partial charge in [0.1, 0.15) is 11.2 Å². The maximum absolute atomic E-state index is 6.39. The van der Waals surface area contributed by atoms with Crippen molar-refractivity contribution in [2.45, 2.75) is 9.79 Å². The second kappa shape index (κ2) is 9.84. The van der Waals surface area contributed by atoms with E-state index in [-0.39, 0.29) is 0 Å². The zero-order valence-electron chi connectivity index (χ0n) is 25.8. The summed E-state index contributed by atoms with van der Waals surface area (Å²) in [5.41, 5.74) is 9.45. The van der Waals surface area contributed by atoms with E-state index in [1.165, 1.54) is 86.3 Å². The highest BCUT2D eigenvalue weighted by Gasteiger charge is 2.22. The molecule has 9 aromatic carbocycles. The van der Waals surface area contributed by atoms with Crippen LogP contribution in [0.15, 0.2) is 172 Å². The quantitative estimate of drug-likeness (QED) is 0.177. The van der Waals surface area contributed by atoms with Crippen molar-refractivity contribution < 1.29 is 4.42 Å². The highest BCUT2D eigenvalue weighted by molar-refractivity contribution is 7.99. The zero-order chi connectivity index (χ0) is 31.3. The molecule has 0 bridgehead atoms. The number of rotatable bonds is 2. The molecule has 0 fully saturated rings. The average molecular weight is 627 g/mol. The predicted molar refractivity (Wildman–Crippen MR) is 204 cm³/mol. The number of hydrogen-bond acceptors (Lipinski definition) is 2. The molecule has 222 valence electrons. The Morgan fingerprint density at radius 1 is 0.354 bits per heavy atom. The molecular formula is C46H26OS. The number of fused-ring (bicyclic) bond motifs is 8. The van der Waals surface area contributed by atoms with Crippen LogP contribution in [0.5, 0.6) is 0 Å². The summed E-state index contributed by atoms with van der Waals surface area (Å²) in [5, 5.41) is 12.4. The van der Waals surface area contributed by atoms with Crippen molar-refractivity contribution in [3.05, 3.63) is 158 Å². The summed E-state index contributed by atoms with van der Waals surface area (Å²) < 4.78 is 6.39. The molecule has 0 amide bonds. The molecule has 0 saturated carbocycles. The van der Waals surface area contributed by atoms with Gasteiger partial charge in [-0.1, -0.05) is 127 Å². The lowest BCUT2D eigenvalue weighted by Crippen LogP contribution is -1.95. The summed E-state index contributed by atoms with van der Waals surface area (Å²) in [6.07, 6.45) is 0. The van der Waals surface area contributed by atoms with Gasteiger partial charge in [-0.2, -0.15) is 0 Å². The zero-order valence-corrected chi connectivity index (χ0v) is 26.6. The lowest BCUT2D eigenvalue weighted by molar-refractivity contribution is 0.669. The van der Waals surface area contributed by atoms with Crippen LogP contribution < -0.4 is 0 Å². The second-order valence-electron chi connectivity index (χ2n) is 12.8. The first kappa shape index (κ1) is 26.3. The Hall–Kier alpha value is -5.83. The lowest BCUT2D eigenvalue weighted by Gasteiger charge is -2.22. The first-order valence-corrected chi connectivity index (χ1v) is 17.2. The molecule has 48 heavy (non-hydrogen) atoms. The summed E-state index contributed by atoms with van der Waals surface area (Å²) in [6.45, 7) is 0. The summed E-state index contributed by atoms with van der Waals surface area (Å²) in [5.74, 6) is 0. The molecule has 11 rings (SSSR count). The SMILES string of the molecule is c1ccc2cc3c(cc2c1)oc1ccc(-c2c4ccccc4c(-c4ccc5c(c4)-c4cccc6cccc(c46)S5)c4ccccc24)cc13. The minimum Gasteiger partial charge on any atom is -0.456 e. The van der Waals surface area contributed by atoms with Crippen LogP contribution in [0.25, 0.3) is 98.4 Å². The third-order valence-electron chi connectivity index (χ3n) is 10.2. The van der Waals surface area contributed by atoms with E-state index < -0.39 is 0 Å². The third kappa shape index (κ3) is 3.69. The standard InChI is InChI=1S/C46H26OS/c1-2-10-29-26-41-38(23-28(29)9-1)37-24-30(19-21-40(37)47-41)44-32-13-3-5-15-34(32)45(35-16-6-4-14-33(35)44)31-20-22-42-39(25-31)36-17-7-11-27-12-8-18-43(48-42)46(27)36/h1-26H. The molecule has 1 nitrogen and oxygen atoms in total. The monoisotopic (exact) mass is 626 g/mol. The molecule has 0 radical (unpaired) electrons. The van der Waals surface area contributed by atoms with Crippen LogP contribution in [0.1, 0.15) is 0 Å². The maximum atomic E-state index is 6.39. The van der Waals surface area contributed by atoms with Crippen molar-refractivity contribution in [3.63, 3.8) is 0 Å². The minimum atomic E-state index is 0.915. The van der Waals surface area contributed by atoms with Gasteiger partial charge in [0.05, 0.1) is 0 Å². The van der Waals surface area contributed by atoms with Crippen LogP contribution in [0.2, 0.25) is 0 Å². The van der Waals surface area contributed by atoms with Crippen LogP contribution in [0.4, 0.5) is 0 Å². The van der Waals surface area contributed by atoms with Crippen molar-refractivity contribution in [3.8, 4) is 33.4 Å². The van der Waals surface area contributed by atoms with Crippen molar-refractivity contribution in [1.29, 1.82) is 0 Å². The molecular weight excluding hydrogens is 601 g/mol. The molecule has 0 atom stereocenters. The topological polar surface area (TPSA) is 13.1 Å². The molecule has 0 unspecified atom stereocenters. The summed E-state index contributed by atoms with van der Waals surface area (Å²) in [6, 6.07) is 57.9. The highest BCUT2D eigenvalue weighted by Crippen LogP contribution is 2.51. The average Bonchev–Trinajstić information content (AvgIpc) is 3.49. The normalized spacial score (nSPS) is 12.5. The number of furan rings is 1. The van der Waals surface area contributed by atoms with Crippen LogP contribution in [-0.4, -0.2) is 0 Å². The van der Waals surface area contributed by atoms with Crippen molar-refractivity contribution in [1.82, 2.24) is 0 Å². The van der Waals surface area contributed by atoms with E-state index in [0.29, 0.717) is 0 Å². The van der Waals surface area contributed by atoms with Gasteiger partial charge in [-0.15, -0.1) is 0 Å². The number of hydrogen-bond donors (Lipinski definition) is 0. The molecule has 0 aliphatic carbocycles. The van der Waals surface area contributed by atoms with Gasteiger partial charge >= 0.3 is 0 Å². The van der Waals surface area contributed by atoms with Gasteiger partial charge < -0.3 is 4.42 Å². The molecule has 10 aromatic rings. The Morgan fingerprint density at radius 2 is 0.938 bits per heavy atom. The first-order chi connectivity index (χ1) is 23.8. The van der Waals surface area contributed by atoms with E-state index in [2.05, 4.69) is 158 Å². The Labute approximate surface area is 281 Å². The van der Waals surface area contributed by atoms with Crippen LogP contribution in [-0.2, 0) is 0 Å². The summed E-state index contributed by atoms with van der Waals surface area (Å²) in [7, 11) is 0. The van der Waals surface area contributed by atoms with Gasteiger partial charge in [-0.05, 0) is 114 Å². The summed E-state index contributed by atoms with van der Waals surface area (Å²) >= 11 is 1.88. The van der Waals surface area contributed by atoms with Gasteiger partial charge in [0.25, 0.3) is 0 Å². The van der Waals surface area contributed by atoms with Gasteiger partial charge in [-0.3, -0.25) is 0 Å². The lowest BCUT2D eigenvalue weighted by atomic mass is 9.85. The second-order valence-corrected chi connectivity index (χ2v) is 13.9. The van der Waals surface area contributed by atoms with E-state index in [4.69, 9.17) is 4.42 Å². The number of benzene rings is 9. The highest BCUT2D eigenvalue weighted by atomic mass is 32.2. The van der Waals surface area contributed by atoms with E-state index >= 15 is 0 Å². The molecule has 2 heteroatoms. The Kier molecular flexibility index (Phi) is 5.38. The smallest absolute Gasteiger partial charge is 0.136 e.